The maximum Gasteiger partial charge on any atom is 0.270 e. The zero-order chi connectivity index (χ0) is 23.4. The van der Waals surface area contributed by atoms with Crippen molar-refractivity contribution in [2.45, 2.75) is 24.2 Å². The van der Waals surface area contributed by atoms with E-state index in [1.165, 1.54) is 0 Å². The van der Waals surface area contributed by atoms with Gasteiger partial charge in [-0.05, 0) is 37.1 Å². The third kappa shape index (κ3) is 5.51. The van der Waals surface area contributed by atoms with Crippen molar-refractivity contribution in [3.8, 4) is 0 Å². The number of carbonyl (C=O) groups excluding carboxylic acids is 1. The molecule has 1 amide bonds. The Morgan fingerprint density at radius 2 is 1.55 bits per heavy atom. The molecule has 7 nitrogen and oxygen atoms in total. The van der Waals surface area contributed by atoms with Gasteiger partial charge in [0.25, 0.3) is 15.9 Å². The van der Waals surface area contributed by atoms with Crippen LogP contribution in [0.25, 0.3) is 0 Å². The van der Waals surface area contributed by atoms with Crippen LogP contribution in [0.15, 0.2) is 83.2 Å². The van der Waals surface area contributed by atoms with Crippen LogP contribution < -0.4 is 10.0 Å². The van der Waals surface area contributed by atoms with E-state index in [0.717, 1.165) is 33.6 Å². The van der Waals surface area contributed by atoms with E-state index >= 15 is 0 Å². The van der Waals surface area contributed by atoms with E-state index in [1.807, 2.05) is 80.6 Å². The number of rotatable bonds is 7. The molecule has 0 aliphatic carbocycles. The number of aryl methyl sites for hydroxylation is 2. The van der Waals surface area contributed by atoms with Crippen LogP contribution in [-0.4, -0.2) is 24.5 Å². The first-order valence-corrected chi connectivity index (χ1v) is 12.5. The van der Waals surface area contributed by atoms with Crippen LogP contribution in [-0.2, 0) is 10.0 Å². The van der Waals surface area contributed by atoms with Crippen molar-refractivity contribution in [3.05, 3.63) is 107 Å². The summed E-state index contributed by atoms with van der Waals surface area (Å²) in [6.45, 7) is 3.88. The minimum Gasteiger partial charge on any atom is -0.296 e. The fourth-order valence-corrected chi connectivity index (χ4v) is 5.40. The third-order valence-corrected chi connectivity index (χ3v) is 7.58. The quantitative estimate of drug-likeness (QED) is 0.382. The number of nitrogens with zero attached hydrogens (tertiary/aromatic N) is 2. The Morgan fingerprint density at radius 3 is 2.24 bits per heavy atom. The molecule has 2 N–H and O–H groups in total. The molecule has 9 heteroatoms. The molecule has 0 radical (unpaired) electrons. The third-order valence-electron chi connectivity index (χ3n) is 4.95. The molecule has 4 aromatic rings. The number of hydrogen-bond acceptors (Lipinski definition) is 6. The van der Waals surface area contributed by atoms with Gasteiger partial charge in [0.15, 0.2) is 0 Å². The minimum atomic E-state index is -4.01. The zero-order valence-corrected chi connectivity index (χ0v) is 19.7. The van der Waals surface area contributed by atoms with E-state index in [-0.39, 0.29) is 15.4 Å². The molecule has 1 atom stereocenters. The molecule has 168 valence electrons. The number of aromatic nitrogens is 2. The Balaban J connectivity index is 1.57. The van der Waals surface area contributed by atoms with Gasteiger partial charge in [0, 0.05) is 5.56 Å². The molecule has 0 spiro atoms. The van der Waals surface area contributed by atoms with Crippen LogP contribution in [0, 0.1) is 13.8 Å². The second-order valence-corrected chi connectivity index (χ2v) is 10.4. The Kier molecular flexibility index (Phi) is 6.64. The van der Waals surface area contributed by atoms with Crippen molar-refractivity contribution < 1.29 is 13.2 Å². The van der Waals surface area contributed by atoms with Crippen LogP contribution in [0.5, 0.6) is 0 Å². The molecule has 33 heavy (non-hydrogen) atoms. The SMILES string of the molecule is Cc1ccc(C(=O)Nc2nnc(S(=O)(=O)NC(c3ccccc3)c3cccc(C)c3)s2)cc1. The van der Waals surface area contributed by atoms with Crippen molar-refractivity contribution in [3.63, 3.8) is 0 Å². The van der Waals surface area contributed by atoms with Crippen molar-refractivity contribution in [1.82, 2.24) is 14.9 Å². The lowest BCUT2D eigenvalue weighted by Gasteiger charge is -2.19. The molecule has 1 aromatic heterocycles. The van der Waals surface area contributed by atoms with E-state index in [4.69, 9.17) is 0 Å². The number of hydrogen-bond donors (Lipinski definition) is 2. The van der Waals surface area contributed by atoms with Gasteiger partial charge in [-0.3, -0.25) is 10.1 Å². The van der Waals surface area contributed by atoms with Crippen molar-refractivity contribution in [1.29, 1.82) is 0 Å². The number of anilines is 1. The molecule has 3 aromatic carbocycles. The summed E-state index contributed by atoms with van der Waals surface area (Å²) in [6.07, 6.45) is 0. The van der Waals surface area contributed by atoms with E-state index < -0.39 is 16.1 Å². The van der Waals surface area contributed by atoms with E-state index in [2.05, 4.69) is 20.2 Å². The van der Waals surface area contributed by atoms with E-state index in [0.29, 0.717) is 5.56 Å². The first-order valence-electron chi connectivity index (χ1n) is 10.2. The summed E-state index contributed by atoms with van der Waals surface area (Å²) in [4.78, 5) is 12.4. The summed E-state index contributed by atoms with van der Waals surface area (Å²) >= 11 is 0.797. The summed E-state index contributed by atoms with van der Waals surface area (Å²) < 4.78 is 28.8. The fourth-order valence-electron chi connectivity index (χ4n) is 3.27. The Labute approximate surface area is 196 Å². The topological polar surface area (TPSA) is 101 Å². The van der Waals surface area contributed by atoms with Gasteiger partial charge < -0.3 is 0 Å². The van der Waals surface area contributed by atoms with Crippen LogP contribution in [0.4, 0.5) is 5.13 Å². The van der Waals surface area contributed by atoms with E-state index in [1.54, 1.807) is 12.1 Å². The molecule has 1 heterocycles. The average Bonchev–Trinajstić information content (AvgIpc) is 3.28. The van der Waals surface area contributed by atoms with E-state index in [9.17, 15) is 13.2 Å². The highest BCUT2D eigenvalue weighted by Gasteiger charge is 2.27. The lowest BCUT2D eigenvalue weighted by molar-refractivity contribution is 0.102. The summed E-state index contributed by atoms with van der Waals surface area (Å²) in [5, 5.41) is 10.4. The van der Waals surface area contributed by atoms with Gasteiger partial charge in [0.05, 0.1) is 6.04 Å². The predicted octanol–water partition coefficient (Wildman–Crippen LogP) is 4.48. The van der Waals surface area contributed by atoms with Crippen LogP contribution >= 0.6 is 11.3 Å². The first-order chi connectivity index (χ1) is 15.8. The predicted molar refractivity (Wildman–Crippen MR) is 129 cm³/mol. The molecule has 0 saturated heterocycles. The first kappa shape index (κ1) is 22.8. The standard InChI is InChI=1S/C24H22N4O3S2/c1-16-11-13-19(14-12-16)22(29)25-23-26-27-24(32-23)33(30,31)28-21(18-8-4-3-5-9-18)20-10-6-7-17(2)15-20/h3-15,21,28H,1-2H3,(H,25,26,29). The lowest BCUT2D eigenvalue weighted by atomic mass is 9.98. The maximum atomic E-state index is 13.2. The summed E-state index contributed by atoms with van der Waals surface area (Å²) in [6, 6.07) is 23.4. The second-order valence-electron chi connectivity index (χ2n) is 7.57. The number of sulfonamides is 1. The van der Waals surface area contributed by atoms with Gasteiger partial charge in [-0.2, -0.15) is 4.72 Å². The number of nitrogens with one attached hydrogen (secondary N) is 2. The largest absolute Gasteiger partial charge is 0.296 e. The highest BCUT2D eigenvalue weighted by atomic mass is 32.2. The monoisotopic (exact) mass is 478 g/mol. The molecular weight excluding hydrogens is 456 g/mol. The zero-order valence-electron chi connectivity index (χ0n) is 18.0. The minimum absolute atomic E-state index is 0.104. The molecule has 0 bridgehead atoms. The van der Waals surface area contributed by atoms with Gasteiger partial charge in [0.1, 0.15) is 0 Å². The number of amides is 1. The van der Waals surface area contributed by atoms with Gasteiger partial charge in [-0.15, -0.1) is 10.2 Å². The van der Waals surface area contributed by atoms with Gasteiger partial charge >= 0.3 is 0 Å². The van der Waals surface area contributed by atoms with Gasteiger partial charge in [-0.25, -0.2) is 8.42 Å². The Morgan fingerprint density at radius 1 is 0.848 bits per heavy atom. The molecule has 1 unspecified atom stereocenters. The highest BCUT2D eigenvalue weighted by molar-refractivity contribution is 7.91. The molecule has 0 fully saturated rings. The van der Waals surface area contributed by atoms with Crippen LogP contribution in [0.1, 0.15) is 38.7 Å². The molecule has 4 rings (SSSR count). The van der Waals surface area contributed by atoms with Gasteiger partial charge in [0.2, 0.25) is 9.47 Å². The highest BCUT2D eigenvalue weighted by Crippen LogP contribution is 2.27. The molecular formula is C24H22N4O3S2. The lowest BCUT2D eigenvalue weighted by Crippen LogP contribution is -2.29. The number of benzene rings is 3. The fraction of sp³-hybridized carbons (Fsp3) is 0.125. The second kappa shape index (κ2) is 9.62. The molecule has 0 aliphatic rings. The van der Waals surface area contributed by atoms with Crippen molar-refractivity contribution in [2.75, 3.05) is 5.32 Å². The van der Waals surface area contributed by atoms with Gasteiger partial charge in [-0.1, -0.05) is 89.2 Å². The summed E-state index contributed by atoms with van der Waals surface area (Å²) in [5.41, 5.74) is 4.10. The normalized spacial score (nSPS) is 12.3. The van der Waals surface area contributed by atoms with Crippen LogP contribution in [0.2, 0.25) is 0 Å². The Bertz CT molecular complexity index is 1370. The molecule has 0 aliphatic heterocycles. The van der Waals surface area contributed by atoms with Crippen LogP contribution in [0.3, 0.4) is 0 Å². The molecule has 0 saturated carbocycles. The smallest absolute Gasteiger partial charge is 0.270 e. The number of carbonyl (C=O) groups is 1. The van der Waals surface area contributed by atoms with Crippen molar-refractivity contribution in [2.24, 2.45) is 0 Å². The average molecular weight is 479 g/mol. The Hall–Kier alpha value is -3.40. The summed E-state index contributed by atoms with van der Waals surface area (Å²) in [5.74, 6) is -0.384. The summed E-state index contributed by atoms with van der Waals surface area (Å²) in [7, 11) is -4.01. The van der Waals surface area contributed by atoms with Crippen molar-refractivity contribution >= 4 is 32.4 Å². The maximum absolute atomic E-state index is 13.2.